The smallest absolute Gasteiger partial charge is 0.254 e. The van der Waals surface area contributed by atoms with Crippen molar-refractivity contribution in [1.82, 2.24) is 4.90 Å². The molecule has 0 aromatic heterocycles. The zero-order valence-electron chi connectivity index (χ0n) is 17.2. The van der Waals surface area contributed by atoms with Crippen LogP contribution in [-0.2, 0) is 16.1 Å². The van der Waals surface area contributed by atoms with E-state index >= 15 is 0 Å². The third-order valence-electron chi connectivity index (χ3n) is 4.38. The second-order valence-electron chi connectivity index (χ2n) is 6.69. The monoisotopic (exact) mass is 384 g/mol. The van der Waals surface area contributed by atoms with E-state index in [1.165, 1.54) is 4.90 Å². The number of rotatable bonds is 8. The standard InChI is InChI=1S/C22H28N2O4/c1-6-28-14-18-12-17(9-10-20(18)27-5)22(26)24(4)13-21(25)23-19-11-15(2)7-8-16(19)3/h7-12H,6,13-14H2,1-5H3,(H,23,25). The molecule has 0 aliphatic rings. The number of benzene rings is 2. The molecular weight excluding hydrogens is 356 g/mol. The number of amides is 2. The SMILES string of the molecule is CCOCc1cc(C(=O)N(C)CC(=O)Nc2cc(C)ccc2C)ccc1OC. The van der Waals surface area contributed by atoms with Crippen molar-refractivity contribution in [2.24, 2.45) is 0 Å². The molecule has 0 bridgehead atoms. The summed E-state index contributed by atoms with van der Waals surface area (Å²) in [4.78, 5) is 26.5. The molecular formula is C22H28N2O4. The summed E-state index contributed by atoms with van der Waals surface area (Å²) in [6, 6.07) is 11.0. The van der Waals surface area contributed by atoms with Crippen LogP contribution in [0.5, 0.6) is 5.75 Å². The number of aryl methyl sites for hydroxylation is 2. The predicted octanol–water partition coefficient (Wildman–Crippen LogP) is 3.56. The molecule has 0 unspecified atom stereocenters. The molecule has 0 aliphatic carbocycles. The molecule has 0 saturated carbocycles. The average Bonchev–Trinajstić information content (AvgIpc) is 2.68. The second-order valence-corrected chi connectivity index (χ2v) is 6.69. The average molecular weight is 384 g/mol. The summed E-state index contributed by atoms with van der Waals surface area (Å²) < 4.78 is 10.8. The zero-order valence-corrected chi connectivity index (χ0v) is 17.2. The van der Waals surface area contributed by atoms with E-state index in [2.05, 4.69) is 5.32 Å². The maximum Gasteiger partial charge on any atom is 0.254 e. The van der Waals surface area contributed by atoms with E-state index in [4.69, 9.17) is 9.47 Å². The van der Waals surface area contributed by atoms with Gasteiger partial charge in [0.05, 0.1) is 20.3 Å². The summed E-state index contributed by atoms with van der Waals surface area (Å²) in [6.45, 7) is 6.69. The minimum atomic E-state index is -0.243. The Bertz CT molecular complexity index is 848. The van der Waals surface area contributed by atoms with Crippen LogP contribution in [0.15, 0.2) is 36.4 Å². The number of carbonyl (C=O) groups is 2. The van der Waals surface area contributed by atoms with E-state index in [-0.39, 0.29) is 18.4 Å². The van der Waals surface area contributed by atoms with E-state index in [9.17, 15) is 9.59 Å². The first-order chi connectivity index (χ1) is 13.3. The number of anilines is 1. The van der Waals surface area contributed by atoms with Crippen LogP contribution >= 0.6 is 0 Å². The molecule has 2 rings (SSSR count). The van der Waals surface area contributed by atoms with Crippen molar-refractivity contribution < 1.29 is 19.1 Å². The van der Waals surface area contributed by atoms with Crippen LogP contribution in [0, 0.1) is 13.8 Å². The van der Waals surface area contributed by atoms with Crippen molar-refractivity contribution in [3.05, 3.63) is 58.7 Å². The quantitative estimate of drug-likeness (QED) is 0.756. The first-order valence-corrected chi connectivity index (χ1v) is 9.23. The highest BCUT2D eigenvalue weighted by molar-refractivity contribution is 5.99. The van der Waals surface area contributed by atoms with Gasteiger partial charge in [0.2, 0.25) is 5.91 Å². The molecule has 6 nitrogen and oxygen atoms in total. The van der Waals surface area contributed by atoms with Gasteiger partial charge in [0.25, 0.3) is 5.91 Å². The molecule has 1 N–H and O–H groups in total. The Kier molecular flexibility index (Phi) is 7.58. The maximum absolute atomic E-state index is 12.7. The summed E-state index contributed by atoms with van der Waals surface area (Å²) >= 11 is 0. The topological polar surface area (TPSA) is 67.9 Å². The van der Waals surface area contributed by atoms with Gasteiger partial charge >= 0.3 is 0 Å². The molecule has 28 heavy (non-hydrogen) atoms. The van der Waals surface area contributed by atoms with Crippen LogP contribution in [0.4, 0.5) is 5.69 Å². The van der Waals surface area contributed by atoms with Crippen molar-refractivity contribution >= 4 is 17.5 Å². The summed E-state index contributed by atoms with van der Waals surface area (Å²) in [5, 5.41) is 2.87. The van der Waals surface area contributed by atoms with Crippen molar-refractivity contribution in [2.75, 3.05) is 32.6 Å². The van der Waals surface area contributed by atoms with Gasteiger partial charge in [0.1, 0.15) is 5.75 Å². The number of methoxy groups -OCH3 is 1. The molecule has 2 aromatic carbocycles. The number of likely N-dealkylation sites (N-methyl/N-ethyl adjacent to an activating group) is 1. The number of hydrogen-bond donors (Lipinski definition) is 1. The Morgan fingerprint density at radius 2 is 1.86 bits per heavy atom. The first-order valence-electron chi connectivity index (χ1n) is 9.23. The summed E-state index contributed by atoms with van der Waals surface area (Å²) in [6.07, 6.45) is 0. The third kappa shape index (κ3) is 5.57. The van der Waals surface area contributed by atoms with Gasteiger partial charge in [-0.15, -0.1) is 0 Å². The van der Waals surface area contributed by atoms with Crippen LogP contribution < -0.4 is 10.1 Å². The molecule has 150 valence electrons. The van der Waals surface area contributed by atoms with Crippen molar-refractivity contribution in [3.63, 3.8) is 0 Å². The third-order valence-corrected chi connectivity index (χ3v) is 4.38. The van der Waals surface area contributed by atoms with Crippen molar-refractivity contribution in [3.8, 4) is 5.75 Å². The fourth-order valence-corrected chi connectivity index (χ4v) is 2.80. The summed E-state index contributed by atoms with van der Waals surface area (Å²) in [5.41, 5.74) is 4.07. The fourth-order valence-electron chi connectivity index (χ4n) is 2.80. The Hall–Kier alpha value is -2.86. The summed E-state index contributed by atoms with van der Waals surface area (Å²) in [7, 11) is 3.19. The lowest BCUT2D eigenvalue weighted by molar-refractivity contribution is -0.116. The highest BCUT2D eigenvalue weighted by Gasteiger charge is 2.17. The van der Waals surface area contributed by atoms with Gasteiger partial charge in [-0.2, -0.15) is 0 Å². The van der Waals surface area contributed by atoms with Crippen LogP contribution in [0.25, 0.3) is 0 Å². The molecule has 0 radical (unpaired) electrons. The Morgan fingerprint density at radius 3 is 2.54 bits per heavy atom. The van der Waals surface area contributed by atoms with Gasteiger partial charge in [-0.25, -0.2) is 0 Å². The molecule has 2 amide bonds. The lowest BCUT2D eigenvalue weighted by atomic mass is 10.1. The van der Waals surface area contributed by atoms with E-state index in [0.29, 0.717) is 24.5 Å². The number of hydrogen-bond acceptors (Lipinski definition) is 4. The highest BCUT2D eigenvalue weighted by atomic mass is 16.5. The largest absolute Gasteiger partial charge is 0.496 e. The molecule has 2 aromatic rings. The lowest BCUT2D eigenvalue weighted by Crippen LogP contribution is -2.35. The van der Waals surface area contributed by atoms with Crippen LogP contribution in [0.3, 0.4) is 0 Å². The number of nitrogens with one attached hydrogen (secondary N) is 1. The van der Waals surface area contributed by atoms with Gasteiger partial charge in [-0.05, 0) is 56.2 Å². The normalized spacial score (nSPS) is 10.5. The number of nitrogens with zero attached hydrogens (tertiary/aromatic N) is 1. The van der Waals surface area contributed by atoms with Crippen LogP contribution in [-0.4, -0.2) is 44.0 Å². The Balaban J connectivity index is 2.07. The van der Waals surface area contributed by atoms with Crippen molar-refractivity contribution in [2.45, 2.75) is 27.4 Å². The predicted molar refractivity (Wildman–Crippen MR) is 110 cm³/mol. The molecule has 0 saturated heterocycles. The molecule has 0 aliphatic heterocycles. The molecule has 6 heteroatoms. The van der Waals surface area contributed by atoms with E-state index < -0.39 is 0 Å². The zero-order chi connectivity index (χ0) is 20.7. The van der Waals surface area contributed by atoms with Gasteiger partial charge in [-0.3, -0.25) is 9.59 Å². The Morgan fingerprint density at radius 1 is 1.11 bits per heavy atom. The molecule has 0 atom stereocenters. The number of ether oxygens (including phenoxy) is 2. The van der Waals surface area contributed by atoms with Gasteiger partial charge in [0, 0.05) is 30.5 Å². The lowest BCUT2D eigenvalue weighted by Gasteiger charge is -2.18. The second kappa shape index (κ2) is 9.90. The fraction of sp³-hybridized carbons (Fsp3) is 0.364. The first kappa shape index (κ1) is 21.4. The summed E-state index contributed by atoms with van der Waals surface area (Å²) in [5.74, 6) is 0.185. The van der Waals surface area contributed by atoms with Crippen LogP contribution in [0.1, 0.15) is 34.0 Å². The minimum absolute atomic E-state index is 0.0426. The maximum atomic E-state index is 12.7. The number of carbonyl (C=O) groups excluding carboxylic acids is 2. The van der Waals surface area contributed by atoms with E-state index in [0.717, 1.165) is 22.4 Å². The molecule has 0 heterocycles. The Labute approximate surface area is 166 Å². The van der Waals surface area contributed by atoms with Gasteiger partial charge in [0.15, 0.2) is 0 Å². The van der Waals surface area contributed by atoms with E-state index in [1.54, 1.807) is 32.4 Å². The molecule has 0 fully saturated rings. The highest BCUT2D eigenvalue weighted by Crippen LogP contribution is 2.22. The van der Waals surface area contributed by atoms with Gasteiger partial charge < -0.3 is 19.7 Å². The minimum Gasteiger partial charge on any atom is -0.496 e. The molecule has 0 spiro atoms. The van der Waals surface area contributed by atoms with E-state index in [1.807, 2.05) is 39.0 Å². The van der Waals surface area contributed by atoms with Crippen LogP contribution in [0.2, 0.25) is 0 Å². The van der Waals surface area contributed by atoms with Crippen molar-refractivity contribution in [1.29, 1.82) is 0 Å². The van der Waals surface area contributed by atoms with Gasteiger partial charge in [-0.1, -0.05) is 12.1 Å².